The second-order valence-electron chi connectivity index (χ2n) is 5.29. The predicted octanol–water partition coefficient (Wildman–Crippen LogP) is 4.79. The summed E-state index contributed by atoms with van der Waals surface area (Å²) in [7, 11) is 0. The SMILES string of the molecule is CCCCc1ccc(OCc2ccc(C#N)cc2C)cc1. The molecule has 2 aromatic rings. The van der Waals surface area contributed by atoms with Gasteiger partial charge in [0.05, 0.1) is 11.6 Å². The molecule has 2 aromatic carbocycles. The van der Waals surface area contributed by atoms with Crippen molar-refractivity contribution in [1.82, 2.24) is 0 Å². The fourth-order valence-corrected chi connectivity index (χ4v) is 2.22. The van der Waals surface area contributed by atoms with E-state index in [2.05, 4.69) is 25.1 Å². The number of hydrogen-bond donors (Lipinski definition) is 0. The van der Waals surface area contributed by atoms with E-state index in [1.807, 2.05) is 37.3 Å². The van der Waals surface area contributed by atoms with Gasteiger partial charge in [-0.05, 0) is 60.7 Å². The van der Waals surface area contributed by atoms with E-state index in [1.54, 1.807) is 0 Å². The third-order valence-corrected chi connectivity index (χ3v) is 3.61. The summed E-state index contributed by atoms with van der Waals surface area (Å²) in [6.07, 6.45) is 3.58. The molecule has 0 N–H and O–H groups in total. The van der Waals surface area contributed by atoms with Gasteiger partial charge in [0.15, 0.2) is 0 Å². The number of aryl methyl sites for hydroxylation is 2. The third-order valence-electron chi connectivity index (χ3n) is 3.61. The van der Waals surface area contributed by atoms with Crippen molar-refractivity contribution >= 4 is 0 Å². The second-order valence-corrected chi connectivity index (χ2v) is 5.29. The van der Waals surface area contributed by atoms with Crippen molar-refractivity contribution in [2.45, 2.75) is 39.7 Å². The van der Waals surface area contributed by atoms with Gasteiger partial charge < -0.3 is 4.74 Å². The first-order chi connectivity index (χ1) is 10.2. The van der Waals surface area contributed by atoms with E-state index < -0.39 is 0 Å². The minimum atomic E-state index is 0.534. The van der Waals surface area contributed by atoms with Gasteiger partial charge in [0.1, 0.15) is 12.4 Å². The number of nitriles is 1. The smallest absolute Gasteiger partial charge is 0.119 e. The fourth-order valence-electron chi connectivity index (χ4n) is 2.22. The summed E-state index contributed by atoms with van der Waals surface area (Å²) in [6.45, 7) is 4.75. The Balaban J connectivity index is 1.95. The monoisotopic (exact) mass is 279 g/mol. The van der Waals surface area contributed by atoms with Crippen LogP contribution in [0.1, 0.15) is 42.0 Å². The highest BCUT2D eigenvalue weighted by atomic mass is 16.5. The molecule has 0 fully saturated rings. The summed E-state index contributed by atoms with van der Waals surface area (Å²) < 4.78 is 5.82. The van der Waals surface area contributed by atoms with Crippen LogP contribution in [0.5, 0.6) is 5.75 Å². The minimum absolute atomic E-state index is 0.534. The van der Waals surface area contributed by atoms with E-state index in [0.29, 0.717) is 12.2 Å². The number of benzene rings is 2. The Morgan fingerprint density at radius 2 is 1.86 bits per heavy atom. The zero-order chi connectivity index (χ0) is 15.1. The number of rotatable bonds is 6. The molecule has 21 heavy (non-hydrogen) atoms. The maximum absolute atomic E-state index is 8.87. The summed E-state index contributed by atoms with van der Waals surface area (Å²) in [4.78, 5) is 0. The summed E-state index contributed by atoms with van der Waals surface area (Å²) in [5.74, 6) is 0.888. The van der Waals surface area contributed by atoms with Gasteiger partial charge in [-0.2, -0.15) is 5.26 Å². The van der Waals surface area contributed by atoms with Crippen LogP contribution in [0.4, 0.5) is 0 Å². The lowest BCUT2D eigenvalue weighted by Gasteiger charge is -2.09. The Labute approximate surface area is 127 Å². The van der Waals surface area contributed by atoms with Gasteiger partial charge in [-0.25, -0.2) is 0 Å². The van der Waals surface area contributed by atoms with E-state index in [-0.39, 0.29) is 0 Å². The molecule has 0 atom stereocenters. The lowest BCUT2D eigenvalue weighted by Crippen LogP contribution is -1.98. The Morgan fingerprint density at radius 3 is 2.48 bits per heavy atom. The first kappa shape index (κ1) is 15.1. The van der Waals surface area contributed by atoms with Crippen molar-refractivity contribution in [3.63, 3.8) is 0 Å². The van der Waals surface area contributed by atoms with Crippen molar-refractivity contribution in [2.75, 3.05) is 0 Å². The molecule has 108 valence electrons. The lowest BCUT2D eigenvalue weighted by molar-refractivity contribution is 0.305. The Hall–Kier alpha value is -2.27. The maximum atomic E-state index is 8.87. The van der Waals surface area contributed by atoms with Crippen LogP contribution >= 0.6 is 0 Å². The molecule has 0 radical (unpaired) electrons. The van der Waals surface area contributed by atoms with Crippen molar-refractivity contribution in [3.8, 4) is 11.8 Å². The molecule has 0 saturated carbocycles. The molecule has 0 amide bonds. The Bertz CT molecular complexity index is 623. The molecular weight excluding hydrogens is 258 g/mol. The van der Waals surface area contributed by atoms with Gasteiger partial charge in [0.2, 0.25) is 0 Å². The van der Waals surface area contributed by atoms with Crippen molar-refractivity contribution in [1.29, 1.82) is 5.26 Å². The molecule has 0 heterocycles. The van der Waals surface area contributed by atoms with Crippen LogP contribution in [0.15, 0.2) is 42.5 Å². The van der Waals surface area contributed by atoms with Crippen LogP contribution in [0, 0.1) is 18.3 Å². The summed E-state index contributed by atoms with van der Waals surface area (Å²) >= 11 is 0. The molecule has 2 heteroatoms. The van der Waals surface area contributed by atoms with Crippen LogP contribution in [-0.2, 0) is 13.0 Å². The highest BCUT2D eigenvalue weighted by Gasteiger charge is 2.02. The van der Waals surface area contributed by atoms with E-state index in [9.17, 15) is 0 Å². The molecule has 0 unspecified atom stereocenters. The van der Waals surface area contributed by atoms with Crippen LogP contribution in [0.25, 0.3) is 0 Å². The van der Waals surface area contributed by atoms with Gasteiger partial charge in [-0.15, -0.1) is 0 Å². The molecule has 0 bridgehead atoms. The highest BCUT2D eigenvalue weighted by Crippen LogP contribution is 2.17. The molecule has 0 saturated heterocycles. The quantitative estimate of drug-likeness (QED) is 0.761. The van der Waals surface area contributed by atoms with Gasteiger partial charge in [-0.3, -0.25) is 0 Å². The van der Waals surface area contributed by atoms with E-state index in [4.69, 9.17) is 10.00 Å². The zero-order valence-electron chi connectivity index (χ0n) is 12.7. The molecule has 0 spiro atoms. The molecule has 0 aliphatic carbocycles. The largest absolute Gasteiger partial charge is 0.489 e. The fraction of sp³-hybridized carbons (Fsp3) is 0.316. The Kier molecular flexibility index (Phi) is 5.40. The highest BCUT2D eigenvalue weighted by molar-refractivity contribution is 5.37. The van der Waals surface area contributed by atoms with Crippen LogP contribution < -0.4 is 4.74 Å². The predicted molar refractivity (Wildman–Crippen MR) is 85.3 cm³/mol. The summed E-state index contributed by atoms with van der Waals surface area (Å²) in [5.41, 5.74) is 4.26. The molecule has 0 aliphatic heterocycles. The molecule has 2 nitrogen and oxygen atoms in total. The molecule has 0 aliphatic rings. The van der Waals surface area contributed by atoms with Crippen LogP contribution in [0.3, 0.4) is 0 Å². The van der Waals surface area contributed by atoms with E-state index in [0.717, 1.165) is 23.3 Å². The van der Waals surface area contributed by atoms with Gasteiger partial charge >= 0.3 is 0 Å². The molecular formula is C19H21NO. The van der Waals surface area contributed by atoms with Gasteiger partial charge in [-0.1, -0.05) is 31.5 Å². The van der Waals surface area contributed by atoms with Crippen LogP contribution in [0.2, 0.25) is 0 Å². The van der Waals surface area contributed by atoms with Crippen LogP contribution in [-0.4, -0.2) is 0 Å². The molecule has 0 aromatic heterocycles. The zero-order valence-corrected chi connectivity index (χ0v) is 12.7. The van der Waals surface area contributed by atoms with Crippen molar-refractivity contribution in [3.05, 3.63) is 64.7 Å². The van der Waals surface area contributed by atoms with Gasteiger partial charge in [0, 0.05) is 0 Å². The Morgan fingerprint density at radius 1 is 1.10 bits per heavy atom. The first-order valence-electron chi connectivity index (χ1n) is 7.44. The second kappa shape index (κ2) is 7.50. The lowest BCUT2D eigenvalue weighted by atomic mass is 10.1. The standard InChI is InChI=1S/C19H21NO/c1-3-4-5-16-7-10-19(11-8-16)21-14-18-9-6-17(13-20)12-15(18)2/h6-12H,3-5,14H2,1-2H3. The number of hydrogen-bond acceptors (Lipinski definition) is 2. The number of unbranched alkanes of at least 4 members (excludes halogenated alkanes) is 1. The van der Waals surface area contributed by atoms with E-state index in [1.165, 1.54) is 18.4 Å². The van der Waals surface area contributed by atoms with Crippen molar-refractivity contribution in [2.24, 2.45) is 0 Å². The van der Waals surface area contributed by atoms with Gasteiger partial charge in [0.25, 0.3) is 0 Å². The third kappa shape index (κ3) is 4.36. The summed E-state index contributed by atoms with van der Waals surface area (Å²) in [6, 6.07) is 16.2. The average molecular weight is 279 g/mol. The molecule has 2 rings (SSSR count). The van der Waals surface area contributed by atoms with E-state index >= 15 is 0 Å². The maximum Gasteiger partial charge on any atom is 0.119 e. The normalized spacial score (nSPS) is 10.1. The number of ether oxygens (including phenoxy) is 1. The van der Waals surface area contributed by atoms with Crippen molar-refractivity contribution < 1.29 is 4.74 Å². The first-order valence-corrected chi connectivity index (χ1v) is 7.44. The topological polar surface area (TPSA) is 33.0 Å². The summed E-state index contributed by atoms with van der Waals surface area (Å²) in [5, 5.41) is 8.87. The minimum Gasteiger partial charge on any atom is -0.489 e. The number of nitrogens with zero attached hydrogens (tertiary/aromatic N) is 1. The average Bonchev–Trinajstić information content (AvgIpc) is 2.52.